The maximum atomic E-state index is 12.4. The van der Waals surface area contributed by atoms with Crippen molar-refractivity contribution >= 4 is 29.3 Å². The van der Waals surface area contributed by atoms with Gasteiger partial charge in [0.25, 0.3) is 5.91 Å². The number of thioether (sulfide) groups is 1. The van der Waals surface area contributed by atoms with Crippen LogP contribution in [0.4, 0.5) is 5.69 Å². The number of anilines is 1. The van der Waals surface area contributed by atoms with Gasteiger partial charge < -0.3 is 10.2 Å². The number of fused-ring (bicyclic) bond motifs is 1. The fraction of sp³-hybridized carbons (Fsp3) is 0.208. The highest BCUT2D eigenvalue weighted by Crippen LogP contribution is 2.33. The molecule has 2 heterocycles. The predicted molar refractivity (Wildman–Crippen MR) is 120 cm³/mol. The summed E-state index contributed by atoms with van der Waals surface area (Å²) >= 11 is 1.47. The molecule has 0 saturated carbocycles. The maximum Gasteiger partial charge on any atom is 0.251 e. The van der Waals surface area contributed by atoms with Gasteiger partial charge in [0.15, 0.2) is 0 Å². The van der Waals surface area contributed by atoms with Crippen LogP contribution in [0.1, 0.15) is 27.9 Å². The molecule has 0 fully saturated rings. The summed E-state index contributed by atoms with van der Waals surface area (Å²) < 4.78 is 0. The third-order valence-electron chi connectivity index (χ3n) is 5.00. The van der Waals surface area contributed by atoms with Crippen LogP contribution in [0.3, 0.4) is 0 Å². The molecule has 4 rings (SSSR count). The first-order chi connectivity index (χ1) is 14.7. The molecule has 0 bridgehead atoms. The Labute approximate surface area is 180 Å². The molecule has 3 aromatic rings. The van der Waals surface area contributed by atoms with Crippen LogP contribution in [-0.4, -0.2) is 29.1 Å². The van der Waals surface area contributed by atoms with E-state index in [1.165, 1.54) is 17.3 Å². The van der Waals surface area contributed by atoms with Gasteiger partial charge in [0.2, 0.25) is 5.91 Å². The van der Waals surface area contributed by atoms with E-state index in [2.05, 4.69) is 22.4 Å². The molecule has 152 valence electrons. The largest absolute Gasteiger partial charge is 0.352 e. The van der Waals surface area contributed by atoms with Crippen molar-refractivity contribution < 1.29 is 9.59 Å². The number of aromatic nitrogens is 1. The number of nitrogens with zero attached hydrogens (tertiary/aromatic N) is 2. The molecule has 5 nitrogen and oxygen atoms in total. The van der Waals surface area contributed by atoms with E-state index in [9.17, 15) is 9.59 Å². The normalized spacial score (nSPS) is 13.1. The van der Waals surface area contributed by atoms with E-state index in [0.29, 0.717) is 24.4 Å². The van der Waals surface area contributed by atoms with Gasteiger partial charge >= 0.3 is 0 Å². The number of carbonyl (C=O) groups is 2. The SMILES string of the molecule is O=C(NCCCc1ccccc1)c1ccc(CN2C(=O)CSc3ncccc32)cc1. The van der Waals surface area contributed by atoms with Crippen molar-refractivity contribution in [1.29, 1.82) is 0 Å². The second kappa shape index (κ2) is 9.59. The van der Waals surface area contributed by atoms with E-state index in [1.807, 2.05) is 54.6 Å². The van der Waals surface area contributed by atoms with E-state index in [0.717, 1.165) is 29.1 Å². The van der Waals surface area contributed by atoms with Crippen molar-refractivity contribution in [2.75, 3.05) is 17.2 Å². The van der Waals surface area contributed by atoms with Crippen LogP contribution in [0.2, 0.25) is 0 Å². The first-order valence-corrected chi connectivity index (χ1v) is 11.0. The number of amides is 2. The average molecular weight is 418 g/mol. The third-order valence-corrected chi connectivity index (χ3v) is 5.98. The lowest BCUT2D eigenvalue weighted by atomic mass is 10.1. The Balaban J connectivity index is 1.32. The Kier molecular flexibility index (Phi) is 6.44. The summed E-state index contributed by atoms with van der Waals surface area (Å²) in [7, 11) is 0. The minimum Gasteiger partial charge on any atom is -0.352 e. The van der Waals surface area contributed by atoms with Crippen molar-refractivity contribution in [3.8, 4) is 0 Å². The molecule has 0 saturated heterocycles. The van der Waals surface area contributed by atoms with Gasteiger partial charge in [-0.1, -0.05) is 54.2 Å². The number of pyridine rings is 1. The van der Waals surface area contributed by atoms with Crippen LogP contribution in [0.25, 0.3) is 0 Å². The molecule has 0 atom stereocenters. The van der Waals surface area contributed by atoms with Gasteiger partial charge in [-0.3, -0.25) is 9.59 Å². The van der Waals surface area contributed by atoms with Gasteiger partial charge in [-0.2, -0.15) is 0 Å². The molecule has 1 N–H and O–H groups in total. The second-order valence-corrected chi connectivity index (χ2v) is 8.10. The predicted octanol–water partition coefficient (Wildman–Crippen LogP) is 4.08. The van der Waals surface area contributed by atoms with Crippen molar-refractivity contribution in [2.24, 2.45) is 0 Å². The zero-order valence-electron chi connectivity index (χ0n) is 16.6. The number of rotatable bonds is 7. The van der Waals surface area contributed by atoms with Crippen LogP contribution < -0.4 is 10.2 Å². The van der Waals surface area contributed by atoms with Crippen LogP contribution in [0, 0.1) is 0 Å². The molecule has 1 aromatic heterocycles. The first kappa shape index (κ1) is 20.2. The molecule has 0 aliphatic carbocycles. The molecular weight excluding hydrogens is 394 g/mol. The summed E-state index contributed by atoms with van der Waals surface area (Å²) in [5, 5.41) is 3.85. The summed E-state index contributed by atoms with van der Waals surface area (Å²) in [5.74, 6) is 0.392. The number of nitrogens with one attached hydrogen (secondary N) is 1. The van der Waals surface area contributed by atoms with Crippen LogP contribution in [0.5, 0.6) is 0 Å². The van der Waals surface area contributed by atoms with Crippen molar-refractivity contribution in [2.45, 2.75) is 24.4 Å². The molecule has 2 aromatic carbocycles. The molecule has 1 aliphatic heterocycles. The van der Waals surface area contributed by atoms with Gasteiger partial charge in [-0.25, -0.2) is 4.98 Å². The molecule has 30 heavy (non-hydrogen) atoms. The van der Waals surface area contributed by atoms with Crippen LogP contribution >= 0.6 is 11.8 Å². The fourth-order valence-corrected chi connectivity index (χ4v) is 4.28. The van der Waals surface area contributed by atoms with E-state index in [-0.39, 0.29) is 11.8 Å². The molecule has 2 amide bonds. The lowest BCUT2D eigenvalue weighted by Crippen LogP contribution is -2.35. The quantitative estimate of drug-likeness (QED) is 0.589. The summed E-state index contributed by atoms with van der Waals surface area (Å²) in [5.41, 5.74) is 3.73. The standard InChI is InChI=1S/C24H23N3O2S/c28-22-17-30-24-21(9-5-15-26-24)27(22)16-19-10-12-20(13-11-19)23(29)25-14-4-8-18-6-2-1-3-7-18/h1-3,5-7,9-13,15H,4,8,14,16-17H2,(H,25,29). The van der Waals surface area contributed by atoms with Gasteiger partial charge in [0, 0.05) is 18.3 Å². The highest BCUT2D eigenvalue weighted by molar-refractivity contribution is 8.00. The van der Waals surface area contributed by atoms with E-state index in [4.69, 9.17) is 0 Å². The lowest BCUT2D eigenvalue weighted by molar-refractivity contribution is -0.116. The zero-order chi connectivity index (χ0) is 20.8. The van der Waals surface area contributed by atoms with E-state index >= 15 is 0 Å². The minimum absolute atomic E-state index is 0.0701. The Bertz CT molecular complexity index is 1020. The van der Waals surface area contributed by atoms with Gasteiger partial charge in [-0.15, -0.1) is 0 Å². The highest BCUT2D eigenvalue weighted by atomic mass is 32.2. The number of hydrogen-bond donors (Lipinski definition) is 1. The van der Waals surface area contributed by atoms with Crippen molar-refractivity contribution in [1.82, 2.24) is 10.3 Å². The van der Waals surface area contributed by atoms with Crippen LogP contribution in [-0.2, 0) is 17.8 Å². The zero-order valence-corrected chi connectivity index (χ0v) is 17.4. The summed E-state index contributed by atoms with van der Waals surface area (Å²) in [6.07, 6.45) is 3.59. The highest BCUT2D eigenvalue weighted by Gasteiger charge is 2.25. The number of benzene rings is 2. The molecule has 0 unspecified atom stereocenters. The van der Waals surface area contributed by atoms with Crippen molar-refractivity contribution in [3.63, 3.8) is 0 Å². The maximum absolute atomic E-state index is 12.4. The minimum atomic E-state index is -0.0744. The Morgan fingerprint density at radius 3 is 2.60 bits per heavy atom. The Morgan fingerprint density at radius 1 is 1.00 bits per heavy atom. The molecule has 6 heteroatoms. The molecule has 0 radical (unpaired) electrons. The Hall–Kier alpha value is -3.12. The van der Waals surface area contributed by atoms with Gasteiger partial charge in [0.1, 0.15) is 5.03 Å². The smallest absolute Gasteiger partial charge is 0.251 e. The lowest BCUT2D eigenvalue weighted by Gasteiger charge is -2.28. The monoisotopic (exact) mass is 417 g/mol. The van der Waals surface area contributed by atoms with Crippen molar-refractivity contribution in [3.05, 3.63) is 89.6 Å². The summed E-state index contributed by atoms with van der Waals surface area (Å²) in [6, 6.07) is 21.5. The summed E-state index contributed by atoms with van der Waals surface area (Å²) in [4.78, 5) is 30.9. The van der Waals surface area contributed by atoms with E-state index < -0.39 is 0 Å². The molecular formula is C24H23N3O2S. The van der Waals surface area contributed by atoms with Gasteiger partial charge in [-0.05, 0) is 48.2 Å². The fourth-order valence-electron chi connectivity index (χ4n) is 3.40. The molecule has 1 aliphatic rings. The topological polar surface area (TPSA) is 62.3 Å². The van der Waals surface area contributed by atoms with Gasteiger partial charge in [0.05, 0.1) is 18.0 Å². The number of hydrogen-bond acceptors (Lipinski definition) is 4. The van der Waals surface area contributed by atoms with Crippen LogP contribution in [0.15, 0.2) is 78.0 Å². The molecule has 0 spiro atoms. The number of carbonyl (C=O) groups excluding carboxylic acids is 2. The third kappa shape index (κ3) is 4.89. The summed E-state index contributed by atoms with van der Waals surface area (Å²) in [6.45, 7) is 1.11. The number of aryl methyl sites for hydroxylation is 1. The van der Waals surface area contributed by atoms with E-state index in [1.54, 1.807) is 11.1 Å². The average Bonchev–Trinajstić information content (AvgIpc) is 2.79. The first-order valence-electron chi connectivity index (χ1n) is 10.00. The Morgan fingerprint density at radius 2 is 1.80 bits per heavy atom. The second-order valence-electron chi connectivity index (χ2n) is 7.14.